The fraction of sp³-hybridized carbons (Fsp3) is 0.238. The van der Waals surface area contributed by atoms with Gasteiger partial charge in [-0.05, 0) is 49.0 Å². The van der Waals surface area contributed by atoms with E-state index in [1.807, 2.05) is 18.2 Å². The van der Waals surface area contributed by atoms with Gasteiger partial charge in [0.2, 0.25) is 0 Å². The van der Waals surface area contributed by atoms with E-state index in [0.29, 0.717) is 28.6 Å². The number of nitrogens with one attached hydrogen (secondary N) is 2. The molecule has 2 N–H and O–H groups in total. The first-order chi connectivity index (χ1) is 13.6. The number of hydrogen-bond acceptors (Lipinski definition) is 4. The van der Waals surface area contributed by atoms with Crippen molar-refractivity contribution >= 4 is 51.5 Å². The first-order valence-electron chi connectivity index (χ1n) is 9.10. The Morgan fingerprint density at radius 3 is 2.75 bits per heavy atom. The van der Waals surface area contributed by atoms with Gasteiger partial charge >= 0.3 is 0 Å². The zero-order chi connectivity index (χ0) is 19.9. The van der Waals surface area contributed by atoms with Crippen LogP contribution < -0.4 is 15.4 Å². The molecule has 28 heavy (non-hydrogen) atoms. The predicted octanol–water partition coefficient (Wildman–Crippen LogP) is 5.78. The van der Waals surface area contributed by atoms with Gasteiger partial charge in [0, 0.05) is 11.1 Å². The lowest BCUT2D eigenvalue weighted by atomic mass is 10.2. The molecule has 1 heterocycles. The Morgan fingerprint density at radius 1 is 1.18 bits per heavy atom. The van der Waals surface area contributed by atoms with Gasteiger partial charge in [0.25, 0.3) is 5.91 Å². The van der Waals surface area contributed by atoms with E-state index in [0.717, 1.165) is 24.6 Å². The van der Waals surface area contributed by atoms with E-state index in [1.54, 1.807) is 30.3 Å². The monoisotopic (exact) mass is 416 g/mol. The molecule has 0 unspecified atom stereocenters. The summed E-state index contributed by atoms with van der Waals surface area (Å²) in [5.74, 6) is 0.399. The van der Waals surface area contributed by atoms with Crippen molar-refractivity contribution in [2.24, 2.45) is 0 Å². The van der Waals surface area contributed by atoms with Gasteiger partial charge in [0.1, 0.15) is 11.3 Å². The lowest BCUT2D eigenvalue weighted by molar-refractivity contribution is 0.0953. The Balaban J connectivity index is 1.56. The molecule has 0 spiro atoms. The minimum atomic E-state index is -0.421. The average molecular weight is 417 g/mol. The quantitative estimate of drug-likeness (QED) is 0.377. The first-order valence-corrected chi connectivity index (χ1v) is 9.88. The number of unbranched alkanes of at least 4 members (excludes halogenated alkanes) is 2. The summed E-state index contributed by atoms with van der Waals surface area (Å²) in [7, 11) is 0. The summed E-state index contributed by atoms with van der Waals surface area (Å²) in [6.07, 6.45) is 3.25. The molecule has 0 aliphatic carbocycles. The van der Waals surface area contributed by atoms with Crippen LogP contribution in [-0.4, -0.2) is 17.6 Å². The Labute approximate surface area is 174 Å². The third-order valence-corrected chi connectivity index (χ3v) is 4.57. The van der Waals surface area contributed by atoms with Crippen molar-refractivity contribution < 1.29 is 13.9 Å². The number of furan rings is 1. The Morgan fingerprint density at radius 2 is 2.00 bits per heavy atom. The second-order valence-electron chi connectivity index (χ2n) is 6.26. The fourth-order valence-electron chi connectivity index (χ4n) is 2.65. The number of thiocarbonyl (C=S) groups is 1. The SMILES string of the molecule is CCCCCOc1ccc(NC(=S)NC(=O)c2cc3ccccc3o2)cc1Cl. The van der Waals surface area contributed by atoms with Crippen LogP contribution in [0.3, 0.4) is 0 Å². The smallest absolute Gasteiger partial charge is 0.293 e. The molecule has 0 saturated carbocycles. The Kier molecular flexibility index (Phi) is 6.90. The minimum Gasteiger partial charge on any atom is -0.492 e. The molecule has 0 radical (unpaired) electrons. The predicted molar refractivity (Wildman–Crippen MR) is 116 cm³/mol. The van der Waals surface area contributed by atoms with Crippen LogP contribution in [-0.2, 0) is 0 Å². The van der Waals surface area contributed by atoms with Crippen LogP contribution in [0.1, 0.15) is 36.7 Å². The highest BCUT2D eigenvalue weighted by Gasteiger charge is 2.14. The van der Waals surface area contributed by atoms with Crippen molar-refractivity contribution in [2.75, 3.05) is 11.9 Å². The standard InChI is InChI=1S/C21H21ClN2O3S/c1-2-3-6-11-26-18-10-9-15(13-16(18)22)23-21(28)24-20(25)19-12-14-7-4-5-8-17(14)27-19/h4-5,7-10,12-13H,2-3,6,11H2,1H3,(H2,23,24,25,28). The van der Waals surface area contributed by atoms with E-state index in [1.165, 1.54) is 0 Å². The fourth-order valence-corrected chi connectivity index (χ4v) is 3.10. The first kappa shape index (κ1) is 20.2. The molecule has 3 aromatic rings. The summed E-state index contributed by atoms with van der Waals surface area (Å²) in [4.78, 5) is 12.3. The number of ether oxygens (including phenoxy) is 1. The number of carbonyl (C=O) groups is 1. The van der Waals surface area contributed by atoms with Crippen LogP contribution in [0.15, 0.2) is 52.9 Å². The molecule has 0 saturated heterocycles. The third kappa shape index (κ3) is 5.24. The number of amides is 1. The molecule has 5 nitrogen and oxygen atoms in total. The molecule has 0 fully saturated rings. The van der Waals surface area contributed by atoms with Gasteiger partial charge in [0.15, 0.2) is 10.9 Å². The van der Waals surface area contributed by atoms with Crippen molar-refractivity contribution in [1.29, 1.82) is 0 Å². The summed E-state index contributed by atoms with van der Waals surface area (Å²) in [5, 5.41) is 7.03. The Hall–Kier alpha value is -2.57. The lowest BCUT2D eigenvalue weighted by Crippen LogP contribution is -2.33. The minimum absolute atomic E-state index is 0.151. The van der Waals surface area contributed by atoms with Gasteiger partial charge in [0.05, 0.1) is 11.6 Å². The van der Waals surface area contributed by atoms with Gasteiger partial charge < -0.3 is 14.5 Å². The zero-order valence-corrected chi connectivity index (χ0v) is 17.0. The third-order valence-electron chi connectivity index (χ3n) is 4.07. The van der Waals surface area contributed by atoms with Crippen LogP contribution in [0.5, 0.6) is 5.75 Å². The molecule has 1 amide bonds. The summed E-state index contributed by atoms with van der Waals surface area (Å²) in [6.45, 7) is 2.77. The van der Waals surface area contributed by atoms with E-state index in [4.69, 9.17) is 33.0 Å². The van der Waals surface area contributed by atoms with Crippen LogP contribution >= 0.6 is 23.8 Å². The highest BCUT2D eigenvalue weighted by molar-refractivity contribution is 7.80. The molecule has 0 bridgehead atoms. The molecule has 146 valence electrons. The summed E-state index contributed by atoms with van der Waals surface area (Å²) >= 11 is 11.5. The van der Waals surface area contributed by atoms with Crippen LogP contribution in [0, 0.1) is 0 Å². The van der Waals surface area contributed by atoms with Gasteiger partial charge in [-0.1, -0.05) is 49.6 Å². The molecular formula is C21H21ClN2O3S. The summed E-state index contributed by atoms with van der Waals surface area (Å²) < 4.78 is 11.2. The van der Waals surface area contributed by atoms with Gasteiger partial charge in [-0.3, -0.25) is 10.1 Å². The van der Waals surface area contributed by atoms with Crippen molar-refractivity contribution in [3.63, 3.8) is 0 Å². The van der Waals surface area contributed by atoms with E-state index in [-0.39, 0.29) is 10.9 Å². The summed E-state index contributed by atoms with van der Waals surface area (Å²) in [6, 6.07) is 14.4. The van der Waals surface area contributed by atoms with Crippen molar-refractivity contribution in [2.45, 2.75) is 26.2 Å². The number of benzene rings is 2. The van der Waals surface area contributed by atoms with Crippen LogP contribution in [0.4, 0.5) is 5.69 Å². The second-order valence-corrected chi connectivity index (χ2v) is 7.07. The number of halogens is 1. The molecule has 0 aliphatic rings. The maximum Gasteiger partial charge on any atom is 0.293 e. The van der Waals surface area contributed by atoms with Crippen LogP contribution in [0.25, 0.3) is 11.0 Å². The number of hydrogen-bond donors (Lipinski definition) is 2. The van der Waals surface area contributed by atoms with Gasteiger partial charge in [-0.25, -0.2) is 0 Å². The number of fused-ring (bicyclic) bond motifs is 1. The number of para-hydroxylation sites is 1. The lowest BCUT2D eigenvalue weighted by Gasteiger charge is -2.11. The van der Waals surface area contributed by atoms with Crippen LogP contribution in [0.2, 0.25) is 5.02 Å². The van der Waals surface area contributed by atoms with Gasteiger partial charge in [-0.15, -0.1) is 0 Å². The zero-order valence-electron chi connectivity index (χ0n) is 15.5. The number of anilines is 1. The molecule has 1 aromatic heterocycles. The normalized spacial score (nSPS) is 10.6. The van der Waals surface area contributed by atoms with E-state index < -0.39 is 5.91 Å². The largest absolute Gasteiger partial charge is 0.492 e. The molecule has 3 rings (SSSR count). The van der Waals surface area contributed by atoms with Gasteiger partial charge in [-0.2, -0.15) is 0 Å². The molecule has 0 atom stereocenters. The maximum atomic E-state index is 12.3. The molecule has 2 aromatic carbocycles. The van der Waals surface area contributed by atoms with E-state index in [2.05, 4.69) is 17.6 Å². The maximum absolute atomic E-state index is 12.3. The highest BCUT2D eigenvalue weighted by Crippen LogP contribution is 2.28. The highest BCUT2D eigenvalue weighted by atomic mass is 35.5. The Bertz CT molecular complexity index is 954. The van der Waals surface area contributed by atoms with Crippen molar-refractivity contribution in [1.82, 2.24) is 5.32 Å². The number of carbonyl (C=O) groups excluding carboxylic acids is 1. The number of rotatable bonds is 7. The topological polar surface area (TPSA) is 63.5 Å². The van der Waals surface area contributed by atoms with Crippen molar-refractivity contribution in [3.8, 4) is 5.75 Å². The van der Waals surface area contributed by atoms with E-state index >= 15 is 0 Å². The van der Waals surface area contributed by atoms with Crippen molar-refractivity contribution in [3.05, 3.63) is 59.3 Å². The molecule has 0 aliphatic heterocycles. The average Bonchev–Trinajstić information content (AvgIpc) is 3.11. The summed E-state index contributed by atoms with van der Waals surface area (Å²) in [5.41, 5.74) is 1.30. The van der Waals surface area contributed by atoms with E-state index in [9.17, 15) is 4.79 Å². The molecule has 7 heteroatoms. The molecular weight excluding hydrogens is 396 g/mol. The second kappa shape index (κ2) is 9.57.